The number of aromatic nitrogens is 2. The molecule has 1 aliphatic heterocycles. The third-order valence-corrected chi connectivity index (χ3v) is 3.34. The minimum Gasteiger partial charge on any atom is -0.490 e. The van der Waals surface area contributed by atoms with E-state index < -0.39 is 5.97 Å². The van der Waals surface area contributed by atoms with Gasteiger partial charge in [-0.2, -0.15) is 5.10 Å². The predicted molar refractivity (Wildman–Crippen MR) is 75.9 cm³/mol. The summed E-state index contributed by atoms with van der Waals surface area (Å²) in [5, 5.41) is 13.6. The minimum atomic E-state index is -0.989. The summed E-state index contributed by atoms with van der Waals surface area (Å²) >= 11 is 0. The molecule has 0 unspecified atom stereocenters. The molecule has 0 atom stereocenters. The summed E-state index contributed by atoms with van der Waals surface area (Å²) in [5.41, 5.74) is 1.34. The molecule has 6 heteroatoms. The zero-order chi connectivity index (χ0) is 14.8. The number of hydrogen-bond acceptors (Lipinski definition) is 4. The molecule has 3 rings (SSSR count). The Kier molecular flexibility index (Phi) is 3.51. The molecule has 21 heavy (non-hydrogen) atoms. The maximum Gasteiger partial charge on any atom is 0.339 e. The maximum atomic E-state index is 11.4. The Bertz CT molecular complexity index is 678. The lowest BCUT2D eigenvalue weighted by atomic mass is 10.1. The number of ether oxygens (including phenoxy) is 2. The van der Waals surface area contributed by atoms with Gasteiger partial charge < -0.3 is 14.6 Å². The van der Waals surface area contributed by atoms with Gasteiger partial charge in [-0.05, 0) is 25.1 Å². The van der Waals surface area contributed by atoms with E-state index in [0.29, 0.717) is 42.5 Å². The normalized spacial score (nSPS) is 13.8. The second kappa shape index (κ2) is 5.47. The van der Waals surface area contributed by atoms with Crippen molar-refractivity contribution in [3.63, 3.8) is 0 Å². The molecule has 1 N–H and O–H groups in total. The number of carbonyl (C=O) groups is 1. The largest absolute Gasteiger partial charge is 0.490 e. The third-order valence-electron chi connectivity index (χ3n) is 3.34. The molecule has 2 heterocycles. The highest BCUT2D eigenvalue weighted by Crippen LogP contribution is 2.34. The van der Waals surface area contributed by atoms with Crippen LogP contribution in [0.3, 0.4) is 0 Å². The van der Waals surface area contributed by atoms with Gasteiger partial charge in [0.05, 0.1) is 13.2 Å². The molecule has 1 aromatic heterocycles. The number of benzene rings is 1. The monoisotopic (exact) mass is 288 g/mol. The first-order valence-corrected chi connectivity index (χ1v) is 6.90. The highest BCUT2D eigenvalue weighted by atomic mass is 16.5. The fraction of sp³-hybridized carbons (Fsp3) is 0.333. The lowest BCUT2D eigenvalue weighted by Crippen LogP contribution is -1.98. The van der Waals surface area contributed by atoms with E-state index in [0.717, 1.165) is 6.42 Å². The average molecular weight is 288 g/mol. The molecule has 0 amide bonds. The highest BCUT2D eigenvalue weighted by Gasteiger charge is 2.19. The van der Waals surface area contributed by atoms with Gasteiger partial charge in [0.2, 0.25) is 0 Å². The van der Waals surface area contributed by atoms with Gasteiger partial charge in [-0.25, -0.2) is 4.79 Å². The van der Waals surface area contributed by atoms with E-state index in [1.807, 2.05) is 13.0 Å². The number of carboxylic acid groups (broad SMARTS) is 1. The number of carboxylic acids is 1. The zero-order valence-corrected chi connectivity index (χ0v) is 11.7. The Hall–Kier alpha value is -2.50. The second-order valence-electron chi connectivity index (χ2n) is 4.76. The summed E-state index contributed by atoms with van der Waals surface area (Å²) in [6, 6.07) is 5.39. The first-order chi connectivity index (χ1) is 10.2. The van der Waals surface area contributed by atoms with Gasteiger partial charge in [0.25, 0.3) is 0 Å². The molecule has 0 saturated heterocycles. The molecule has 1 aliphatic rings. The van der Waals surface area contributed by atoms with Crippen molar-refractivity contribution in [1.29, 1.82) is 0 Å². The van der Waals surface area contributed by atoms with E-state index >= 15 is 0 Å². The highest BCUT2D eigenvalue weighted by molar-refractivity contribution is 5.94. The topological polar surface area (TPSA) is 73.6 Å². The summed E-state index contributed by atoms with van der Waals surface area (Å²) in [5.74, 6) is 0.326. The van der Waals surface area contributed by atoms with Crippen LogP contribution in [0.15, 0.2) is 24.4 Å². The number of fused-ring (bicyclic) bond motifs is 1. The Morgan fingerprint density at radius 3 is 2.81 bits per heavy atom. The number of hydrogen-bond donors (Lipinski definition) is 1. The number of rotatable bonds is 3. The number of aromatic carboxylic acids is 1. The molecule has 0 spiro atoms. The summed E-state index contributed by atoms with van der Waals surface area (Å²) < 4.78 is 12.8. The molecule has 0 aliphatic carbocycles. The summed E-state index contributed by atoms with van der Waals surface area (Å²) in [4.78, 5) is 11.4. The van der Waals surface area contributed by atoms with Crippen LogP contribution in [0, 0.1) is 0 Å². The predicted octanol–water partition coefficient (Wildman–Crippen LogP) is 2.43. The second-order valence-corrected chi connectivity index (χ2v) is 4.76. The molecular weight excluding hydrogens is 272 g/mol. The molecule has 1 aromatic carbocycles. The molecular formula is C15H16N2O4. The van der Waals surface area contributed by atoms with Crippen molar-refractivity contribution >= 4 is 5.97 Å². The Labute approximate surface area is 121 Å². The lowest BCUT2D eigenvalue weighted by molar-refractivity contribution is 0.0697. The van der Waals surface area contributed by atoms with Crippen LogP contribution in [0.4, 0.5) is 0 Å². The third kappa shape index (κ3) is 2.56. The van der Waals surface area contributed by atoms with Crippen molar-refractivity contribution in [3.8, 4) is 22.8 Å². The first-order valence-electron chi connectivity index (χ1n) is 6.90. The van der Waals surface area contributed by atoms with Gasteiger partial charge in [0.1, 0.15) is 11.3 Å². The number of aryl methyl sites for hydroxylation is 1. The Morgan fingerprint density at radius 2 is 2.10 bits per heavy atom. The van der Waals surface area contributed by atoms with Crippen LogP contribution >= 0.6 is 0 Å². The van der Waals surface area contributed by atoms with Crippen molar-refractivity contribution in [1.82, 2.24) is 9.78 Å². The molecule has 0 bridgehead atoms. The summed E-state index contributed by atoms with van der Waals surface area (Å²) in [6.45, 7) is 3.74. The molecule has 110 valence electrons. The van der Waals surface area contributed by atoms with Gasteiger partial charge in [-0.15, -0.1) is 0 Å². The van der Waals surface area contributed by atoms with E-state index in [4.69, 9.17) is 9.47 Å². The molecule has 0 radical (unpaired) electrons. The smallest absolute Gasteiger partial charge is 0.339 e. The van der Waals surface area contributed by atoms with Gasteiger partial charge >= 0.3 is 5.97 Å². The van der Waals surface area contributed by atoms with Crippen LogP contribution in [-0.4, -0.2) is 34.1 Å². The average Bonchev–Trinajstić information content (AvgIpc) is 2.79. The van der Waals surface area contributed by atoms with Crippen molar-refractivity contribution in [2.45, 2.75) is 19.9 Å². The fourth-order valence-corrected chi connectivity index (χ4v) is 2.26. The minimum absolute atomic E-state index is 0.186. The van der Waals surface area contributed by atoms with E-state index in [1.165, 1.54) is 0 Å². The molecule has 0 saturated carbocycles. The van der Waals surface area contributed by atoms with Gasteiger partial charge in [0, 0.05) is 24.7 Å². The molecule has 6 nitrogen and oxygen atoms in total. The molecule has 2 aromatic rings. The van der Waals surface area contributed by atoms with Crippen molar-refractivity contribution in [2.24, 2.45) is 0 Å². The van der Waals surface area contributed by atoms with Crippen LogP contribution in [0.2, 0.25) is 0 Å². The van der Waals surface area contributed by atoms with Crippen molar-refractivity contribution in [3.05, 3.63) is 30.0 Å². The quantitative estimate of drug-likeness (QED) is 0.939. The van der Waals surface area contributed by atoms with E-state index in [-0.39, 0.29) is 5.56 Å². The van der Waals surface area contributed by atoms with Crippen LogP contribution in [0.1, 0.15) is 23.7 Å². The Morgan fingerprint density at radius 1 is 1.33 bits per heavy atom. The maximum absolute atomic E-state index is 11.4. The fourth-order valence-electron chi connectivity index (χ4n) is 2.26. The SMILES string of the molecule is CCn1cc(C(=O)O)c(-c2ccc3c(c2)OCCCO3)n1. The van der Waals surface area contributed by atoms with E-state index in [9.17, 15) is 9.90 Å². The van der Waals surface area contributed by atoms with Gasteiger partial charge in [0.15, 0.2) is 11.5 Å². The molecule has 0 fully saturated rings. The summed E-state index contributed by atoms with van der Waals surface area (Å²) in [6.07, 6.45) is 2.37. The zero-order valence-electron chi connectivity index (χ0n) is 11.7. The lowest BCUT2D eigenvalue weighted by Gasteiger charge is -2.08. The first kappa shape index (κ1) is 13.5. The summed E-state index contributed by atoms with van der Waals surface area (Å²) in [7, 11) is 0. The van der Waals surface area contributed by atoms with Crippen LogP contribution < -0.4 is 9.47 Å². The van der Waals surface area contributed by atoms with E-state index in [2.05, 4.69) is 5.10 Å². The van der Waals surface area contributed by atoms with Crippen molar-refractivity contribution < 1.29 is 19.4 Å². The van der Waals surface area contributed by atoms with Gasteiger partial charge in [-0.1, -0.05) is 0 Å². The van der Waals surface area contributed by atoms with Gasteiger partial charge in [-0.3, -0.25) is 4.68 Å². The van der Waals surface area contributed by atoms with Crippen molar-refractivity contribution in [2.75, 3.05) is 13.2 Å². The number of nitrogens with zero attached hydrogens (tertiary/aromatic N) is 2. The van der Waals surface area contributed by atoms with Crippen LogP contribution in [0.25, 0.3) is 11.3 Å². The van der Waals surface area contributed by atoms with Crippen LogP contribution in [-0.2, 0) is 6.54 Å². The Balaban J connectivity index is 2.06. The standard InChI is InChI=1S/C15H16N2O4/c1-2-17-9-11(15(18)19)14(16-17)10-4-5-12-13(8-10)21-7-3-6-20-12/h4-5,8-9H,2-3,6-7H2,1H3,(H,18,19). The van der Waals surface area contributed by atoms with E-state index in [1.54, 1.807) is 23.0 Å². The van der Waals surface area contributed by atoms with Crippen LogP contribution in [0.5, 0.6) is 11.5 Å².